The highest BCUT2D eigenvalue weighted by atomic mass is 35.5. The molecule has 1 heterocycles. The van der Waals surface area contributed by atoms with Gasteiger partial charge in [0.2, 0.25) is 0 Å². The second kappa shape index (κ2) is 3.87. The van der Waals surface area contributed by atoms with E-state index in [1.54, 1.807) is 6.07 Å². The Balaban J connectivity index is 2.62. The van der Waals surface area contributed by atoms with E-state index in [2.05, 4.69) is 0 Å². The number of aldehydes is 1. The zero-order valence-electron chi connectivity index (χ0n) is 7.54. The summed E-state index contributed by atoms with van der Waals surface area (Å²) in [4.78, 5) is 10.6. The third-order valence-corrected chi connectivity index (χ3v) is 2.35. The standard InChI is InChI=1S/C11H6ClFO2/c12-10-2-1-7(13)5-9(10)8-3-4-15-11(8)6-14/h1-6H. The molecule has 0 bridgehead atoms. The first kappa shape index (κ1) is 9.93. The smallest absolute Gasteiger partial charge is 0.185 e. The molecule has 0 N–H and O–H groups in total. The van der Waals surface area contributed by atoms with Gasteiger partial charge in [-0.2, -0.15) is 0 Å². The van der Waals surface area contributed by atoms with Crippen molar-refractivity contribution in [1.82, 2.24) is 0 Å². The Kier molecular flexibility index (Phi) is 2.56. The van der Waals surface area contributed by atoms with E-state index in [-0.39, 0.29) is 5.76 Å². The Morgan fingerprint density at radius 2 is 2.07 bits per heavy atom. The molecule has 0 saturated heterocycles. The summed E-state index contributed by atoms with van der Waals surface area (Å²) in [5.41, 5.74) is 0.946. The van der Waals surface area contributed by atoms with E-state index in [4.69, 9.17) is 16.0 Å². The molecule has 15 heavy (non-hydrogen) atoms. The summed E-state index contributed by atoms with van der Waals surface area (Å²) in [6, 6.07) is 5.53. The largest absolute Gasteiger partial charge is 0.461 e. The minimum Gasteiger partial charge on any atom is -0.461 e. The van der Waals surface area contributed by atoms with Crippen LogP contribution in [0.4, 0.5) is 4.39 Å². The number of carbonyl (C=O) groups is 1. The molecule has 0 saturated carbocycles. The Bertz CT molecular complexity index is 505. The van der Waals surface area contributed by atoms with Crippen molar-refractivity contribution in [3.8, 4) is 11.1 Å². The molecule has 2 aromatic rings. The minimum atomic E-state index is -0.410. The Labute approximate surface area is 90.3 Å². The maximum atomic E-state index is 13.0. The lowest BCUT2D eigenvalue weighted by atomic mass is 10.1. The number of benzene rings is 1. The third kappa shape index (κ3) is 1.78. The van der Waals surface area contributed by atoms with Gasteiger partial charge in [-0.3, -0.25) is 4.79 Å². The number of hydrogen-bond donors (Lipinski definition) is 0. The lowest BCUT2D eigenvalue weighted by Gasteiger charge is -2.01. The number of hydrogen-bond acceptors (Lipinski definition) is 2. The molecule has 0 atom stereocenters. The van der Waals surface area contributed by atoms with Gasteiger partial charge in [0.1, 0.15) is 5.82 Å². The van der Waals surface area contributed by atoms with E-state index in [1.807, 2.05) is 0 Å². The zero-order valence-corrected chi connectivity index (χ0v) is 8.29. The van der Waals surface area contributed by atoms with Gasteiger partial charge < -0.3 is 4.42 Å². The van der Waals surface area contributed by atoms with Gasteiger partial charge >= 0.3 is 0 Å². The second-order valence-corrected chi connectivity index (χ2v) is 3.35. The van der Waals surface area contributed by atoms with Crippen molar-refractivity contribution in [2.24, 2.45) is 0 Å². The van der Waals surface area contributed by atoms with Crippen LogP contribution in [0, 0.1) is 5.82 Å². The highest BCUT2D eigenvalue weighted by Gasteiger charge is 2.11. The molecule has 0 amide bonds. The summed E-state index contributed by atoms with van der Waals surface area (Å²) >= 11 is 5.89. The summed E-state index contributed by atoms with van der Waals surface area (Å²) in [6.07, 6.45) is 1.93. The molecule has 1 aromatic carbocycles. The van der Waals surface area contributed by atoms with Gasteiger partial charge in [-0.05, 0) is 24.3 Å². The van der Waals surface area contributed by atoms with Gasteiger partial charge in [0.05, 0.1) is 6.26 Å². The van der Waals surface area contributed by atoms with Crippen molar-refractivity contribution in [1.29, 1.82) is 0 Å². The Morgan fingerprint density at radius 3 is 2.80 bits per heavy atom. The average molecular weight is 225 g/mol. The molecule has 0 unspecified atom stereocenters. The minimum absolute atomic E-state index is 0.141. The number of carbonyl (C=O) groups excluding carboxylic acids is 1. The van der Waals surface area contributed by atoms with Gasteiger partial charge in [0.25, 0.3) is 0 Å². The van der Waals surface area contributed by atoms with Crippen LogP contribution in [-0.4, -0.2) is 6.29 Å². The monoisotopic (exact) mass is 224 g/mol. The summed E-state index contributed by atoms with van der Waals surface area (Å²) < 4.78 is 17.9. The summed E-state index contributed by atoms with van der Waals surface area (Å²) in [5, 5.41) is 0.376. The van der Waals surface area contributed by atoms with Crippen LogP contribution >= 0.6 is 11.6 Å². The fourth-order valence-electron chi connectivity index (χ4n) is 1.34. The fraction of sp³-hybridized carbons (Fsp3) is 0. The third-order valence-electron chi connectivity index (χ3n) is 2.02. The first-order valence-electron chi connectivity index (χ1n) is 4.20. The maximum Gasteiger partial charge on any atom is 0.185 e. The van der Waals surface area contributed by atoms with E-state index >= 15 is 0 Å². The number of halogens is 2. The van der Waals surface area contributed by atoms with Crippen molar-refractivity contribution >= 4 is 17.9 Å². The zero-order chi connectivity index (χ0) is 10.8. The van der Waals surface area contributed by atoms with Gasteiger partial charge in [-0.15, -0.1) is 0 Å². The van der Waals surface area contributed by atoms with Gasteiger partial charge in [-0.25, -0.2) is 4.39 Å². The lowest BCUT2D eigenvalue weighted by molar-refractivity contribution is 0.110. The molecule has 0 aliphatic carbocycles. The van der Waals surface area contributed by atoms with Crippen molar-refractivity contribution in [2.75, 3.05) is 0 Å². The first-order chi connectivity index (χ1) is 7.22. The molecular formula is C11H6ClFO2. The summed E-state index contributed by atoms with van der Waals surface area (Å²) in [5.74, 6) is -0.269. The predicted octanol–water partition coefficient (Wildman–Crippen LogP) is 3.55. The van der Waals surface area contributed by atoms with Crippen LogP contribution in [0.5, 0.6) is 0 Å². The first-order valence-corrected chi connectivity index (χ1v) is 4.58. The van der Waals surface area contributed by atoms with Crippen LogP contribution in [-0.2, 0) is 0 Å². The highest BCUT2D eigenvalue weighted by molar-refractivity contribution is 6.33. The van der Waals surface area contributed by atoms with Crippen LogP contribution in [0.15, 0.2) is 34.9 Å². The molecule has 2 rings (SSSR count). The maximum absolute atomic E-state index is 13.0. The van der Waals surface area contributed by atoms with Crippen molar-refractivity contribution in [3.63, 3.8) is 0 Å². The quantitative estimate of drug-likeness (QED) is 0.731. The molecule has 4 heteroatoms. The van der Waals surface area contributed by atoms with Crippen LogP contribution in [0.2, 0.25) is 5.02 Å². The van der Waals surface area contributed by atoms with Gasteiger partial charge in [0, 0.05) is 16.1 Å². The normalized spacial score (nSPS) is 10.3. The van der Waals surface area contributed by atoms with Crippen LogP contribution < -0.4 is 0 Å². The molecule has 0 aliphatic rings. The van der Waals surface area contributed by atoms with E-state index in [9.17, 15) is 9.18 Å². The molecule has 0 spiro atoms. The molecule has 0 fully saturated rings. The molecule has 2 nitrogen and oxygen atoms in total. The summed E-state index contributed by atoms with van der Waals surface area (Å²) in [6.45, 7) is 0. The van der Waals surface area contributed by atoms with Crippen molar-refractivity contribution in [3.05, 3.63) is 47.1 Å². The van der Waals surface area contributed by atoms with E-state index in [0.29, 0.717) is 22.4 Å². The van der Waals surface area contributed by atoms with Crippen LogP contribution in [0.25, 0.3) is 11.1 Å². The van der Waals surface area contributed by atoms with E-state index < -0.39 is 5.82 Å². The van der Waals surface area contributed by atoms with Gasteiger partial charge in [0.15, 0.2) is 12.0 Å². The number of furan rings is 1. The van der Waals surface area contributed by atoms with Crippen molar-refractivity contribution in [2.45, 2.75) is 0 Å². The van der Waals surface area contributed by atoms with E-state index in [1.165, 1.54) is 24.5 Å². The fourth-order valence-corrected chi connectivity index (χ4v) is 1.56. The van der Waals surface area contributed by atoms with Gasteiger partial charge in [-0.1, -0.05) is 11.6 Å². The molecule has 76 valence electrons. The number of rotatable bonds is 2. The topological polar surface area (TPSA) is 30.2 Å². The Hall–Kier alpha value is -1.61. The predicted molar refractivity (Wildman–Crippen MR) is 54.5 cm³/mol. The average Bonchev–Trinajstić information content (AvgIpc) is 2.69. The van der Waals surface area contributed by atoms with Crippen LogP contribution in [0.1, 0.15) is 10.6 Å². The molecule has 0 radical (unpaired) electrons. The molecule has 0 aliphatic heterocycles. The second-order valence-electron chi connectivity index (χ2n) is 2.94. The van der Waals surface area contributed by atoms with Crippen LogP contribution in [0.3, 0.4) is 0 Å². The SMILES string of the molecule is O=Cc1occc1-c1cc(F)ccc1Cl. The lowest BCUT2D eigenvalue weighted by Crippen LogP contribution is -1.84. The Morgan fingerprint density at radius 1 is 1.27 bits per heavy atom. The summed E-state index contributed by atoms with van der Waals surface area (Å²) in [7, 11) is 0. The molecular weight excluding hydrogens is 219 g/mol. The molecule has 1 aromatic heterocycles. The highest BCUT2D eigenvalue weighted by Crippen LogP contribution is 2.31. The van der Waals surface area contributed by atoms with Crippen molar-refractivity contribution < 1.29 is 13.6 Å². The van der Waals surface area contributed by atoms with E-state index in [0.717, 1.165) is 0 Å².